The lowest BCUT2D eigenvalue weighted by Gasteiger charge is -2.09. The first-order valence-electron chi connectivity index (χ1n) is 5.70. The van der Waals surface area contributed by atoms with E-state index in [1.165, 1.54) is 19.2 Å². The molecule has 0 saturated heterocycles. The molecule has 20 heavy (non-hydrogen) atoms. The van der Waals surface area contributed by atoms with Crippen molar-refractivity contribution in [2.75, 3.05) is 7.11 Å². The molecule has 104 valence electrons. The standard InChI is InChI=1S/C13H11Cl2N3O2/c1-20-13-8(3-2-6-16-13)7-17-12(19)11-9(14)4-5-10(15)18-11/h2-6H,7H2,1H3,(H,17,19). The number of carbonyl (C=O) groups excluding carboxylic acids is 1. The van der Waals surface area contributed by atoms with Crippen molar-refractivity contribution in [2.45, 2.75) is 6.54 Å². The third-order valence-electron chi connectivity index (χ3n) is 2.51. The van der Waals surface area contributed by atoms with Gasteiger partial charge in [0.15, 0.2) is 0 Å². The van der Waals surface area contributed by atoms with Crippen LogP contribution in [-0.2, 0) is 6.54 Å². The van der Waals surface area contributed by atoms with Crippen molar-refractivity contribution in [3.05, 3.63) is 51.9 Å². The largest absolute Gasteiger partial charge is 0.481 e. The quantitative estimate of drug-likeness (QED) is 0.882. The number of hydrogen-bond donors (Lipinski definition) is 1. The van der Waals surface area contributed by atoms with Gasteiger partial charge >= 0.3 is 0 Å². The Kier molecular flexibility index (Phi) is 4.76. The third-order valence-corrected chi connectivity index (χ3v) is 3.03. The molecule has 2 rings (SSSR count). The molecule has 7 heteroatoms. The number of aromatic nitrogens is 2. The Morgan fingerprint density at radius 2 is 2.15 bits per heavy atom. The molecule has 0 saturated carbocycles. The lowest BCUT2D eigenvalue weighted by molar-refractivity contribution is 0.0946. The fourth-order valence-electron chi connectivity index (χ4n) is 1.58. The Morgan fingerprint density at radius 1 is 1.35 bits per heavy atom. The van der Waals surface area contributed by atoms with E-state index >= 15 is 0 Å². The summed E-state index contributed by atoms with van der Waals surface area (Å²) in [6.07, 6.45) is 1.61. The number of nitrogens with zero attached hydrogens (tertiary/aromatic N) is 2. The van der Waals surface area contributed by atoms with E-state index in [0.29, 0.717) is 5.88 Å². The molecule has 0 atom stereocenters. The highest BCUT2D eigenvalue weighted by Gasteiger charge is 2.13. The number of carbonyl (C=O) groups is 1. The highest BCUT2D eigenvalue weighted by molar-refractivity contribution is 6.34. The molecule has 0 fully saturated rings. The molecule has 2 aromatic heterocycles. The number of rotatable bonds is 4. The highest BCUT2D eigenvalue weighted by Crippen LogP contribution is 2.17. The Morgan fingerprint density at radius 3 is 2.90 bits per heavy atom. The molecular weight excluding hydrogens is 301 g/mol. The monoisotopic (exact) mass is 311 g/mol. The van der Waals surface area contributed by atoms with Gasteiger partial charge in [-0.3, -0.25) is 4.79 Å². The number of ether oxygens (including phenoxy) is 1. The molecule has 1 amide bonds. The molecule has 0 bridgehead atoms. The molecule has 1 N–H and O–H groups in total. The number of halogens is 2. The third kappa shape index (κ3) is 3.37. The molecule has 5 nitrogen and oxygen atoms in total. The minimum atomic E-state index is -0.414. The van der Waals surface area contributed by atoms with E-state index in [1.807, 2.05) is 0 Å². The first kappa shape index (κ1) is 14.6. The van der Waals surface area contributed by atoms with Crippen molar-refractivity contribution in [1.82, 2.24) is 15.3 Å². The predicted molar refractivity (Wildman–Crippen MR) is 76.2 cm³/mol. The van der Waals surface area contributed by atoms with Gasteiger partial charge in [-0.1, -0.05) is 29.3 Å². The molecule has 0 unspecified atom stereocenters. The molecular formula is C13H11Cl2N3O2. The highest BCUT2D eigenvalue weighted by atomic mass is 35.5. The molecule has 0 aromatic carbocycles. The normalized spacial score (nSPS) is 10.2. The maximum Gasteiger partial charge on any atom is 0.271 e. The number of methoxy groups -OCH3 is 1. The average molecular weight is 312 g/mol. The second-order valence-electron chi connectivity index (χ2n) is 3.82. The topological polar surface area (TPSA) is 64.1 Å². The summed E-state index contributed by atoms with van der Waals surface area (Å²) in [6, 6.07) is 6.61. The summed E-state index contributed by atoms with van der Waals surface area (Å²) >= 11 is 11.7. The summed E-state index contributed by atoms with van der Waals surface area (Å²) in [5.74, 6) is 0.0429. The summed E-state index contributed by atoms with van der Waals surface area (Å²) < 4.78 is 5.10. The van der Waals surface area contributed by atoms with Crippen molar-refractivity contribution in [2.24, 2.45) is 0 Å². The van der Waals surface area contributed by atoms with Crippen molar-refractivity contribution >= 4 is 29.1 Å². The van der Waals surface area contributed by atoms with Crippen LogP contribution in [0.4, 0.5) is 0 Å². The molecule has 2 heterocycles. The van der Waals surface area contributed by atoms with Crippen molar-refractivity contribution in [3.63, 3.8) is 0 Å². The molecule has 0 aliphatic rings. The SMILES string of the molecule is COc1ncccc1CNC(=O)c1nc(Cl)ccc1Cl. The summed E-state index contributed by atoms with van der Waals surface area (Å²) in [6.45, 7) is 0.250. The van der Waals surface area contributed by atoms with Gasteiger partial charge in [0.25, 0.3) is 5.91 Å². The van der Waals surface area contributed by atoms with Crippen LogP contribution in [0.15, 0.2) is 30.5 Å². The van der Waals surface area contributed by atoms with Gasteiger partial charge in [0.1, 0.15) is 10.8 Å². The lowest BCUT2D eigenvalue weighted by atomic mass is 10.2. The molecule has 0 spiro atoms. The zero-order valence-electron chi connectivity index (χ0n) is 10.6. The van der Waals surface area contributed by atoms with Gasteiger partial charge in [-0.2, -0.15) is 0 Å². The lowest BCUT2D eigenvalue weighted by Crippen LogP contribution is -2.24. The van der Waals surface area contributed by atoms with Crippen LogP contribution in [0.2, 0.25) is 10.2 Å². The van der Waals surface area contributed by atoms with E-state index in [9.17, 15) is 4.79 Å². The minimum Gasteiger partial charge on any atom is -0.481 e. The first-order valence-corrected chi connectivity index (χ1v) is 6.45. The zero-order valence-corrected chi connectivity index (χ0v) is 12.1. The van der Waals surface area contributed by atoms with Crippen LogP contribution in [0.5, 0.6) is 5.88 Å². The first-order chi connectivity index (χ1) is 9.61. The summed E-state index contributed by atoms with van der Waals surface area (Å²) in [4.78, 5) is 20.0. The van der Waals surface area contributed by atoms with Crippen molar-refractivity contribution in [3.8, 4) is 5.88 Å². The van der Waals surface area contributed by atoms with Crippen LogP contribution in [0.1, 0.15) is 16.1 Å². The van der Waals surface area contributed by atoms with Crippen LogP contribution in [0.3, 0.4) is 0 Å². The number of nitrogens with one attached hydrogen (secondary N) is 1. The molecule has 0 aliphatic carbocycles. The Bertz CT molecular complexity index is 635. The summed E-state index contributed by atoms with van der Waals surface area (Å²) in [5.41, 5.74) is 0.837. The number of pyridine rings is 2. The van der Waals surface area contributed by atoms with E-state index in [4.69, 9.17) is 27.9 Å². The fraction of sp³-hybridized carbons (Fsp3) is 0.154. The molecule has 0 aliphatic heterocycles. The van der Waals surface area contributed by atoms with Gasteiger partial charge in [0, 0.05) is 18.3 Å². The van der Waals surface area contributed by atoms with Crippen molar-refractivity contribution in [1.29, 1.82) is 0 Å². The van der Waals surface area contributed by atoms with Gasteiger partial charge in [0.05, 0.1) is 12.1 Å². The van der Waals surface area contributed by atoms with Gasteiger partial charge in [-0.25, -0.2) is 9.97 Å². The van der Waals surface area contributed by atoms with E-state index in [-0.39, 0.29) is 22.4 Å². The Hall–Kier alpha value is -1.85. The van der Waals surface area contributed by atoms with E-state index < -0.39 is 5.91 Å². The summed E-state index contributed by atoms with van der Waals surface area (Å²) in [7, 11) is 1.52. The second-order valence-corrected chi connectivity index (χ2v) is 4.61. The van der Waals surface area contributed by atoms with Gasteiger partial charge in [-0.15, -0.1) is 0 Å². The van der Waals surface area contributed by atoms with Gasteiger partial charge in [0.2, 0.25) is 5.88 Å². The minimum absolute atomic E-state index is 0.0852. The van der Waals surface area contributed by atoms with Gasteiger partial charge in [-0.05, 0) is 18.2 Å². The number of amides is 1. The maximum absolute atomic E-state index is 12.0. The predicted octanol–water partition coefficient (Wildman–Crippen LogP) is 2.72. The van der Waals surface area contributed by atoms with E-state index in [1.54, 1.807) is 18.3 Å². The van der Waals surface area contributed by atoms with Gasteiger partial charge < -0.3 is 10.1 Å². The van der Waals surface area contributed by atoms with Crippen LogP contribution >= 0.6 is 23.2 Å². The average Bonchev–Trinajstić information content (AvgIpc) is 2.47. The van der Waals surface area contributed by atoms with Crippen LogP contribution in [0.25, 0.3) is 0 Å². The summed E-state index contributed by atoms with van der Waals surface area (Å²) in [5, 5.41) is 3.14. The Labute approximate surface area is 125 Å². The van der Waals surface area contributed by atoms with Crippen LogP contribution in [0, 0.1) is 0 Å². The molecule has 2 aromatic rings. The molecule has 0 radical (unpaired) electrons. The zero-order chi connectivity index (χ0) is 14.5. The van der Waals surface area contributed by atoms with Crippen LogP contribution in [-0.4, -0.2) is 23.0 Å². The van der Waals surface area contributed by atoms with Crippen LogP contribution < -0.4 is 10.1 Å². The Balaban J connectivity index is 2.11. The second kappa shape index (κ2) is 6.54. The van der Waals surface area contributed by atoms with E-state index in [0.717, 1.165) is 5.56 Å². The smallest absolute Gasteiger partial charge is 0.271 e. The maximum atomic E-state index is 12.0. The van der Waals surface area contributed by atoms with E-state index in [2.05, 4.69) is 15.3 Å². The van der Waals surface area contributed by atoms with Crippen molar-refractivity contribution < 1.29 is 9.53 Å². The number of hydrogen-bond acceptors (Lipinski definition) is 4. The fourth-order valence-corrected chi connectivity index (χ4v) is 1.92.